The van der Waals surface area contributed by atoms with Crippen LogP contribution in [0.4, 0.5) is 5.69 Å². The molecule has 1 saturated carbocycles. The minimum atomic E-state index is 0.0298. The van der Waals surface area contributed by atoms with Crippen molar-refractivity contribution in [2.45, 2.75) is 52.0 Å². The van der Waals surface area contributed by atoms with Crippen molar-refractivity contribution in [2.75, 3.05) is 11.9 Å². The fraction of sp³-hybridized carbons (Fsp3) is 0.588. The number of benzene rings is 1. The van der Waals surface area contributed by atoms with Crippen LogP contribution in [0.5, 0.6) is 5.75 Å². The second-order valence-corrected chi connectivity index (χ2v) is 5.89. The third kappa shape index (κ3) is 4.46. The topological polar surface area (TPSA) is 64.3 Å². The van der Waals surface area contributed by atoms with Crippen LogP contribution < -0.4 is 15.8 Å². The zero-order valence-corrected chi connectivity index (χ0v) is 13.0. The van der Waals surface area contributed by atoms with Crippen LogP contribution in [0.1, 0.15) is 44.6 Å². The van der Waals surface area contributed by atoms with E-state index in [0.717, 1.165) is 29.8 Å². The molecule has 4 heteroatoms. The predicted molar refractivity (Wildman–Crippen MR) is 85.5 cm³/mol. The van der Waals surface area contributed by atoms with Gasteiger partial charge >= 0.3 is 0 Å². The van der Waals surface area contributed by atoms with E-state index in [1.54, 1.807) is 0 Å². The average molecular weight is 290 g/mol. The number of hydrogen-bond acceptors (Lipinski definition) is 3. The lowest BCUT2D eigenvalue weighted by Gasteiger charge is -2.28. The van der Waals surface area contributed by atoms with Gasteiger partial charge in [0.25, 0.3) is 0 Å². The number of ether oxygens (including phenoxy) is 1. The van der Waals surface area contributed by atoms with Gasteiger partial charge in [0, 0.05) is 12.5 Å². The van der Waals surface area contributed by atoms with Gasteiger partial charge in [-0.2, -0.15) is 0 Å². The number of carbonyl (C=O) groups is 1. The largest absolute Gasteiger partial charge is 0.492 e. The Kier molecular flexibility index (Phi) is 5.62. The van der Waals surface area contributed by atoms with E-state index in [4.69, 9.17) is 10.5 Å². The summed E-state index contributed by atoms with van der Waals surface area (Å²) < 4.78 is 5.59. The molecular formula is C17H26N2O2. The summed E-state index contributed by atoms with van der Waals surface area (Å²) in [5, 5.41) is 2.97. The number of nitrogens with two attached hydrogens (primary N) is 1. The molecule has 1 aliphatic rings. The minimum Gasteiger partial charge on any atom is -0.492 e. The fourth-order valence-corrected chi connectivity index (χ4v) is 2.94. The van der Waals surface area contributed by atoms with Gasteiger partial charge < -0.3 is 15.8 Å². The lowest BCUT2D eigenvalue weighted by atomic mass is 9.83. The molecule has 0 spiro atoms. The molecule has 2 atom stereocenters. The van der Waals surface area contributed by atoms with Gasteiger partial charge in [-0.05, 0) is 50.3 Å². The van der Waals surface area contributed by atoms with Crippen LogP contribution in [-0.4, -0.2) is 18.6 Å². The van der Waals surface area contributed by atoms with E-state index in [0.29, 0.717) is 18.9 Å². The lowest BCUT2D eigenvalue weighted by Crippen LogP contribution is -2.35. The SMILES string of the molecule is CCOc1cc(C)ccc1NC(=O)CC1CCCCC1N. The number of rotatable bonds is 5. The van der Waals surface area contributed by atoms with Gasteiger partial charge in [-0.3, -0.25) is 4.79 Å². The van der Waals surface area contributed by atoms with Crippen molar-refractivity contribution < 1.29 is 9.53 Å². The molecule has 0 aromatic heterocycles. The molecule has 3 N–H and O–H groups in total. The molecule has 2 rings (SSSR count). The Morgan fingerprint density at radius 3 is 2.86 bits per heavy atom. The highest BCUT2D eigenvalue weighted by molar-refractivity contribution is 5.92. The molecule has 2 unspecified atom stereocenters. The van der Waals surface area contributed by atoms with Crippen molar-refractivity contribution in [2.24, 2.45) is 11.7 Å². The van der Waals surface area contributed by atoms with Crippen LogP contribution in [0.15, 0.2) is 18.2 Å². The molecule has 4 nitrogen and oxygen atoms in total. The zero-order chi connectivity index (χ0) is 15.2. The number of anilines is 1. The van der Waals surface area contributed by atoms with Gasteiger partial charge in [0.05, 0.1) is 12.3 Å². The molecule has 1 aliphatic carbocycles. The summed E-state index contributed by atoms with van der Waals surface area (Å²) in [7, 11) is 0. The first kappa shape index (κ1) is 15.8. The van der Waals surface area contributed by atoms with Gasteiger partial charge in [0.2, 0.25) is 5.91 Å². The Labute approximate surface area is 127 Å². The maximum absolute atomic E-state index is 12.2. The summed E-state index contributed by atoms with van der Waals surface area (Å²) >= 11 is 0. The zero-order valence-electron chi connectivity index (χ0n) is 13.0. The van der Waals surface area contributed by atoms with E-state index in [1.807, 2.05) is 32.0 Å². The maximum Gasteiger partial charge on any atom is 0.224 e. The van der Waals surface area contributed by atoms with Crippen molar-refractivity contribution in [3.63, 3.8) is 0 Å². The Balaban J connectivity index is 1.98. The van der Waals surface area contributed by atoms with Crippen LogP contribution >= 0.6 is 0 Å². The van der Waals surface area contributed by atoms with Crippen LogP contribution in [0.3, 0.4) is 0 Å². The first-order valence-electron chi connectivity index (χ1n) is 7.89. The van der Waals surface area contributed by atoms with Gasteiger partial charge in [-0.1, -0.05) is 18.9 Å². The summed E-state index contributed by atoms with van der Waals surface area (Å²) in [5.41, 5.74) is 7.98. The molecule has 1 aromatic carbocycles. The first-order chi connectivity index (χ1) is 10.1. The Hall–Kier alpha value is -1.55. The van der Waals surface area contributed by atoms with Crippen LogP contribution in [-0.2, 0) is 4.79 Å². The fourth-order valence-electron chi connectivity index (χ4n) is 2.94. The summed E-state index contributed by atoms with van der Waals surface area (Å²) in [6.07, 6.45) is 4.96. The van der Waals surface area contributed by atoms with Crippen molar-refractivity contribution in [3.05, 3.63) is 23.8 Å². The Morgan fingerprint density at radius 2 is 2.14 bits per heavy atom. The number of carbonyl (C=O) groups excluding carboxylic acids is 1. The molecule has 21 heavy (non-hydrogen) atoms. The van der Waals surface area contributed by atoms with E-state index >= 15 is 0 Å². The summed E-state index contributed by atoms with van der Waals surface area (Å²) in [5.74, 6) is 1.07. The molecular weight excluding hydrogens is 264 g/mol. The Morgan fingerprint density at radius 1 is 1.38 bits per heavy atom. The average Bonchev–Trinajstić information content (AvgIpc) is 2.45. The first-order valence-corrected chi connectivity index (χ1v) is 7.89. The highest BCUT2D eigenvalue weighted by Gasteiger charge is 2.24. The lowest BCUT2D eigenvalue weighted by molar-refractivity contribution is -0.117. The van der Waals surface area contributed by atoms with E-state index in [-0.39, 0.29) is 11.9 Å². The number of nitrogens with one attached hydrogen (secondary N) is 1. The quantitative estimate of drug-likeness (QED) is 0.875. The third-order valence-corrected chi connectivity index (χ3v) is 4.13. The summed E-state index contributed by atoms with van der Waals surface area (Å²) in [6, 6.07) is 5.99. The maximum atomic E-state index is 12.2. The molecule has 0 saturated heterocycles. The number of amides is 1. The third-order valence-electron chi connectivity index (χ3n) is 4.13. The normalized spacial score (nSPS) is 21.9. The second-order valence-electron chi connectivity index (χ2n) is 5.89. The number of hydrogen-bond donors (Lipinski definition) is 2. The molecule has 0 aliphatic heterocycles. The predicted octanol–water partition coefficient (Wildman–Crippen LogP) is 3.24. The van der Waals surface area contributed by atoms with E-state index in [1.165, 1.54) is 12.8 Å². The smallest absolute Gasteiger partial charge is 0.224 e. The van der Waals surface area contributed by atoms with Gasteiger partial charge in [-0.15, -0.1) is 0 Å². The van der Waals surface area contributed by atoms with Crippen LogP contribution in [0, 0.1) is 12.8 Å². The van der Waals surface area contributed by atoms with Crippen molar-refractivity contribution in [1.82, 2.24) is 0 Å². The molecule has 1 amide bonds. The minimum absolute atomic E-state index is 0.0298. The summed E-state index contributed by atoms with van der Waals surface area (Å²) in [6.45, 7) is 4.53. The van der Waals surface area contributed by atoms with E-state index < -0.39 is 0 Å². The van der Waals surface area contributed by atoms with E-state index in [9.17, 15) is 4.79 Å². The number of aryl methyl sites for hydroxylation is 1. The second kappa shape index (κ2) is 7.46. The molecule has 0 heterocycles. The van der Waals surface area contributed by atoms with Crippen molar-refractivity contribution in [3.8, 4) is 5.75 Å². The van der Waals surface area contributed by atoms with Crippen molar-refractivity contribution >= 4 is 11.6 Å². The van der Waals surface area contributed by atoms with Crippen LogP contribution in [0.25, 0.3) is 0 Å². The monoisotopic (exact) mass is 290 g/mol. The van der Waals surface area contributed by atoms with Gasteiger partial charge in [-0.25, -0.2) is 0 Å². The molecule has 116 valence electrons. The summed E-state index contributed by atoms with van der Waals surface area (Å²) in [4.78, 5) is 12.2. The standard InChI is InChI=1S/C17H26N2O2/c1-3-21-16-10-12(2)8-9-15(16)19-17(20)11-13-6-4-5-7-14(13)18/h8-10,13-14H,3-7,11,18H2,1-2H3,(H,19,20). The van der Waals surface area contributed by atoms with E-state index in [2.05, 4.69) is 5.32 Å². The molecule has 0 bridgehead atoms. The highest BCUT2D eigenvalue weighted by Crippen LogP contribution is 2.28. The molecule has 1 fully saturated rings. The Bertz CT molecular complexity index is 488. The van der Waals surface area contributed by atoms with Gasteiger partial charge in [0.15, 0.2) is 0 Å². The highest BCUT2D eigenvalue weighted by atomic mass is 16.5. The molecule has 0 radical (unpaired) electrons. The van der Waals surface area contributed by atoms with Crippen LogP contribution in [0.2, 0.25) is 0 Å². The van der Waals surface area contributed by atoms with Crippen molar-refractivity contribution in [1.29, 1.82) is 0 Å². The molecule has 1 aromatic rings. The van der Waals surface area contributed by atoms with Gasteiger partial charge in [0.1, 0.15) is 5.75 Å².